The highest BCUT2D eigenvalue weighted by molar-refractivity contribution is 5.35. The normalized spacial score (nSPS) is 17.6. The first kappa shape index (κ1) is 20.4. The van der Waals surface area contributed by atoms with E-state index in [0.29, 0.717) is 12.2 Å². The molecule has 30 heavy (non-hydrogen) atoms. The fourth-order valence-electron chi connectivity index (χ4n) is 3.79. The molecule has 0 bridgehead atoms. The molecule has 1 saturated heterocycles. The van der Waals surface area contributed by atoms with Crippen molar-refractivity contribution in [3.8, 4) is 11.6 Å². The first-order valence-electron chi connectivity index (χ1n) is 9.73. The number of alkyl halides is 3. The third kappa shape index (κ3) is 4.04. The Kier molecular flexibility index (Phi) is 5.50. The molecule has 160 valence electrons. The Morgan fingerprint density at radius 1 is 1.20 bits per heavy atom. The van der Waals surface area contributed by atoms with Gasteiger partial charge >= 0.3 is 6.18 Å². The van der Waals surface area contributed by atoms with E-state index in [4.69, 9.17) is 9.47 Å². The smallest absolute Gasteiger partial charge is 0.453 e. The van der Waals surface area contributed by atoms with Crippen molar-refractivity contribution in [2.75, 3.05) is 20.3 Å². The topological polar surface area (TPSA) is 64.8 Å². The summed E-state index contributed by atoms with van der Waals surface area (Å²) in [6, 6.07) is 9.73. The van der Waals surface area contributed by atoms with Crippen molar-refractivity contribution in [3.05, 3.63) is 47.4 Å². The second kappa shape index (κ2) is 8.10. The van der Waals surface area contributed by atoms with E-state index in [2.05, 4.69) is 26.0 Å². The van der Waals surface area contributed by atoms with Crippen molar-refractivity contribution in [2.24, 2.45) is 0 Å². The molecular weight excluding hydrogens is 399 g/mol. The fourth-order valence-corrected chi connectivity index (χ4v) is 3.79. The van der Waals surface area contributed by atoms with Crippen molar-refractivity contribution in [2.45, 2.75) is 38.5 Å². The van der Waals surface area contributed by atoms with Gasteiger partial charge in [0.25, 0.3) is 11.6 Å². The van der Waals surface area contributed by atoms with Crippen LogP contribution in [-0.2, 0) is 12.7 Å². The molecule has 1 fully saturated rings. The second-order valence-electron chi connectivity index (χ2n) is 7.07. The van der Waals surface area contributed by atoms with Crippen LogP contribution in [0.4, 0.5) is 13.2 Å². The molecule has 1 aromatic carbocycles. The number of fused-ring (bicyclic) bond motifs is 1. The average molecular weight is 421 g/mol. The third-order valence-corrected chi connectivity index (χ3v) is 5.09. The molecule has 0 N–H and O–H groups in total. The molecule has 0 saturated carbocycles. The highest BCUT2D eigenvalue weighted by Crippen LogP contribution is 2.35. The van der Waals surface area contributed by atoms with Crippen molar-refractivity contribution in [1.29, 1.82) is 0 Å². The summed E-state index contributed by atoms with van der Waals surface area (Å²) in [5.41, 5.74) is 1.72. The minimum Gasteiger partial charge on any atom is -0.497 e. The number of rotatable bonds is 6. The van der Waals surface area contributed by atoms with Gasteiger partial charge in [0.1, 0.15) is 5.75 Å². The van der Waals surface area contributed by atoms with Crippen molar-refractivity contribution in [1.82, 2.24) is 24.5 Å². The van der Waals surface area contributed by atoms with E-state index in [1.54, 1.807) is 20.1 Å². The van der Waals surface area contributed by atoms with Crippen LogP contribution in [-0.4, -0.2) is 44.7 Å². The first-order valence-corrected chi connectivity index (χ1v) is 9.73. The molecule has 3 heterocycles. The molecular formula is C20H22F3N5O2. The predicted molar refractivity (Wildman–Crippen MR) is 102 cm³/mol. The molecule has 0 spiro atoms. The molecule has 7 nitrogen and oxygen atoms in total. The van der Waals surface area contributed by atoms with Gasteiger partial charge in [0.2, 0.25) is 5.88 Å². The number of aromatic nitrogens is 4. The maximum absolute atomic E-state index is 13.0. The van der Waals surface area contributed by atoms with Gasteiger partial charge in [-0.2, -0.15) is 22.7 Å². The van der Waals surface area contributed by atoms with Gasteiger partial charge in [-0.1, -0.05) is 12.1 Å². The lowest BCUT2D eigenvalue weighted by Gasteiger charge is -2.25. The van der Waals surface area contributed by atoms with Crippen molar-refractivity contribution < 1.29 is 22.6 Å². The molecule has 0 amide bonds. The summed E-state index contributed by atoms with van der Waals surface area (Å²) < 4.78 is 51.0. The first-order chi connectivity index (χ1) is 14.4. The molecule has 2 aromatic heterocycles. The highest BCUT2D eigenvalue weighted by atomic mass is 19.4. The zero-order valence-corrected chi connectivity index (χ0v) is 16.7. The molecule has 1 aliphatic rings. The van der Waals surface area contributed by atoms with Crippen LogP contribution in [0.3, 0.4) is 0 Å². The van der Waals surface area contributed by atoms with Crippen LogP contribution < -0.4 is 9.47 Å². The molecule has 1 atom stereocenters. The number of likely N-dealkylation sites (tertiary alicyclic amines) is 1. The second-order valence-corrected chi connectivity index (χ2v) is 7.07. The van der Waals surface area contributed by atoms with Gasteiger partial charge in [0.15, 0.2) is 0 Å². The summed E-state index contributed by atoms with van der Waals surface area (Å²) >= 11 is 0. The maximum Gasteiger partial charge on any atom is 0.453 e. The zero-order chi connectivity index (χ0) is 21.3. The summed E-state index contributed by atoms with van der Waals surface area (Å²) in [5, 5.41) is 3.52. The van der Waals surface area contributed by atoms with E-state index in [0.717, 1.165) is 35.2 Å². The average Bonchev–Trinajstić information content (AvgIpc) is 3.35. The molecule has 0 aliphatic carbocycles. The third-order valence-electron chi connectivity index (χ3n) is 5.09. The Morgan fingerprint density at radius 3 is 2.77 bits per heavy atom. The molecule has 4 rings (SSSR count). The van der Waals surface area contributed by atoms with E-state index in [1.165, 1.54) is 0 Å². The quantitative estimate of drug-likeness (QED) is 0.602. The molecule has 10 heteroatoms. The van der Waals surface area contributed by atoms with Crippen LogP contribution in [0.2, 0.25) is 0 Å². The van der Waals surface area contributed by atoms with E-state index < -0.39 is 12.0 Å². The lowest BCUT2D eigenvalue weighted by molar-refractivity contribution is -0.144. The zero-order valence-electron chi connectivity index (χ0n) is 16.7. The number of methoxy groups -OCH3 is 1. The standard InChI is InChI=1S/C20H22F3N5O2/c1-3-30-17-11-14(24-19-25-18(20(21,22)23)26-28(17)19)12-27-9-5-8-16(27)13-6-4-7-15(10-13)29-2/h4,6-7,10-11,16H,3,5,8-9,12H2,1-2H3/t16-/m0/s1. The van der Waals surface area contributed by atoms with Crippen LogP contribution in [0.25, 0.3) is 5.78 Å². The number of nitrogens with zero attached hydrogens (tertiary/aromatic N) is 5. The molecule has 1 aliphatic heterocycles. The number of halogens is 3. The fraction of sp³-hybridized carbons (Fsp3) is 0.450. The summed E-state index contributed by atoms with van der Waals surface area (Å²) in [4.78, 5) is 10.1. The number of hydrogen-bond acceptors (Lipinski definition) is 6. The van der Waals surface area contributed by atoms with Crippen molar-refractivity contribution >= 4 is 5.78 Å². The summed E-state index contributed by atoms with van der Waals surface area (Å²) in [6.07, 6.45) is -2.65. The predicted octanol–water partition coefficient (Wildman–Crippen LogP) is 3.89. The van der Waals surface area contributed by atoms with Gasteiger partial charge in [-0.25, -0.2) is 4.98 Å². The van der Waals surface area contributed by atoms with Gasteiger partial charge in [-0.3, -0.25) is 4.90 Å². The number of hydrogen-bond donors (Lipinski definition) is 0. The lowest BCUT2D eigenvalue weighted by atomic mass is 10.0. The van der Waals surface area contributed by atoms with E-state index in [9.17, 15) is 13.2 Å². The minimum atomic E-state index is -4.65. The Labute approximate surface area is 171 Å². The largest absolute Gasteiger partial charge is 0.497 e. The number of ether oxygens (including phenoxy) is 2. The summed E-state index contributed by atoms with van der Waals surface area (Å²) in [5.74, 6) is -0.373. The molecule has 3 aromatic rings. The SMILES string of the molecule is CCOc1cc(CN2CCC[C@H]2c2cccc(OC)c2)nc2nc(C(F)(F)F)nn12. The Morgan fingerprint density at radius 2 is 2.03 bits per heavy atom. The molecule has 0 radical (unpaired) electrons. The molecule has 0 unspecified atom stereocenters. The number of benzene rings is 1. The van der Waals surface area contributed by atoms with Gasteiger partial charge in [-0.05, 0) is 44.0 Å². The van der Waals surface area contributed by atoms with Crippen LogP contribution in [0.15, 0.2) is 30.3 Å². The maximum atomic E-state index is 13.0. The monoisotopic (exact) mass is 421 g/mol. The lowest BCUT2D eigenvalue weighted by Crippen LogP contribution is -2.23. The van der Waals surface area contributed by atoms with Crippen LogP contribution >= 0.6 is 0 Å². The highest BCUT2D eigenvalue weighted by Gasteiger charge is 2.37. The Hall–Kier alpha value is -2.88. The Balaban J connectivity index is 1.65. The van der Waals surface area contributed by atoms with E-state index in [-0.39, 0.29) is 24.3 Å². The summed E-state index contributed by atoms with van der Waals surface area (Å²) in [6.45, 7) is 3.37. The van der Waals surface area contributed by atoms with E-state index in [1.807, 2.05) is 18.2 Å². The van der Waals surface area contributed by atoms with Crippen molar-refractivity contribution in [3.63, 3.8) is 0 Å². The Bertz CT molecular complexity index is 1040. The summed E-state index contributed by atoms with van der Waals surface area (Å²) in [7, 11) is 1.63. The van der Waals surface area contributed by atoms with Crippen LogP contribution in [0, 0.1) is 0 Å². The van der Waals surface area contributed by atoms with Gasteiger partial charge in [0.05, 0.1) is 19.4 Å². The minimum absolute atomic E-state index is 0.125. The van der Waals surface area contributed by atoms with E-state index >= 15 is 0 Å². The van der Waals surface area contributed by atoms with Crippen LogP contribution in [0.5, 0.6) is 11.6 Å². The van der Waals surface area contributed by atoms with Gasteiger partial charge < -0.3 is 9.47 Å². The van der Waals surface area contributed by atoms with Crippen LogP contribution in [0.1, 0.15) is 42.9 Å². The van der Waals surface area contributed by atoms with Gasteiger partial charge in [0, 0.05) is 18.7 Å². The van der Waals surface area contributed by atoms with Gasteiger partial charge in [-0.15, -0.1) is 5.10 Å².